The molecule has 0 aliphatic carbocycles. The number of hydrogen-bond donors (Lipinski definition) is 2. The highest BCUT2D eigenvalue weighted by atomic mass is 14.7. The molecule has 0 saturated heterocycles. The van der Waals surface area contributed by atoms with Crippen LogP contribution in [-0.2, 0) is 6.54 Å². The highest BCUT2D eigenvalue weighted by molar-refractivity contribution is 5.25. The Kier molecular flexibility index (Phi) is 2.12. The smallest absolute Gasteiger partial charge is 0.0196 e. The van der Waals surface area contributed by atoms with E-state index in [1.807, 2.05) is 12.4 Å². The lowest BCUT2D eigenvalue weighted by atomic mass is 10.0. The predicted molar refractivity (Wildman–Crippen MR) is 42.8 cm³/mol. The molecule has 1 heterocycles. The Morgan fingerprint density at radius 2 is 2.20 bits per heavy atom. The summed E-state index contributed by atoms with van der Waals surface area (Å²) in [6, 6.07) is 0. The van der Waals surface area contributed by atoms with E-state index >= 15 is 0 Å². The molecule has 2 heteroatoms. The zero-order valence-corrected chi connectivity index (χ0v) is 6.52. The van der Waals surface area contributed by atoms with Crippen molar-refractivity contribution in [2.75, 3.05) is 0 Å². The van der Waals surface area contributed by atoms with Crippen molar-refractivity contribution in [1.82, 2.24) is 4.98 Å². The fourth-order valence-electron chi connectivity index (χ4n) is 1.12. The second-order valence-corrected chi connectivity index (χ2v) is 2.79. The summed E-state index contributed by atoms with van der Waals surface area (Å²) < 4.78 is 0. The van der Waals surface area contributed by atoms with Crippen LogP contribution < -0.4 is 5.73 Å². The van der Waals surface area contributed by atoms with E-state index in [9.17, 15) is 0 Å². The van der Waals surface area contributed by atoms with E-state index in [4.69, 9.17) is 5.73 Å². The molecule has 1 aromatic rings. The van der Waals surface area contributed by atoms with Crippen molar-refractivity contribution in [2.45, 2.75) is 26.3 Å². The van der Waals surface area contributed by atoms with E-state index in [0.717, 1.165) is 0 Å². The third-order valence-electron chi connectivity index (χ3n) is 1.71. The number of nitrogens with two attached hydrogens (primary N) is 1. The van der Waals surface area contributed by atoms with Crippen LogP contribution >= 0.6 is 0 Å². The molecule has 0 aliphatic rings. The first-order valence-corrected chi connectivity index (χ1v) is 3.61. The first-order chi connectivity index (χ1) is 4.75. The second-order valence-electron chi connectivity index (χ2n) is 2.79. The third-order valence-corrected chi connectivity index (χ3v) is 1.71. The molecule has 0 atom stereocenters. The van der Waals surface area contributed by atoms with Gasteiger partial charge in [-0.3, -0.25) is 0 Å². The number of hydrogen-bond acceptors (Lipinski definition) is 1. The minimum atomic E-state index is 0.574. The van der Waals surface area contributed by atoms with Gasteiger partial charge in [-0.05, 0) is 17.0 Å². The summed E-state index contributed by atoms with van der Waals surface area (Å²) in [6.45, 7) is 4.97. The van der Waals surface area contributed by atoms with Gasteiger partial charge in [0.05, 0.1) is 0 Å². The van der Waals surface area contributed by atoms with Crippen LogP contribution in [0.25, 0.3) is 0 Å². The molecule has 1 aromatic heterocycles. The van der Waals surface area contributed by atoms with Gasteiger partial charge in [-0.2, -0.15) is 0 Å². The van der Waals surface area contributed by atoms with Gasteiger partial charge in [0.2, 0.25) is 0 Å². The SMILES string of the molecule is CC(C)c1c[nH]cc1CN. The molecule has 56 valence electrons. The van der Waals surface area contributed by atoms with Crippen molar-refractivity contribution < 1.29 is 0 Å². The van der Waals surface area contributed by atoms with Crippen LogP contribution in [0.4, 0.5) is 0 Å². The maximum atomic E-state index is 5.51. The normalized spacial score (nSPS) is 10.8. The summed E-state index contributed by atoms with van der Waals surface area (Å²) in [6.07, 6.45) is 3.99. The molecule has 0 bridgehead atoms. The predicted octanol–water partition coefficient (Wildman–Crippen LogP) is 1.60. The van der Waals surface area contributed by atoms with Crippen molar-refractivity contribution in [3.05, 3.63) is 23.5 Å². The molecule has 0 unspecified atom stereocenters. The minimum Gasteiger partial charge on any atom is -0.367 e. The van der Waals surface area contributed by atoms with Crippen molar-refractivity contribution in [1.29, 1.82) is 0 Å². The Morgan fingerprint density at radius 1 is 1.50 bits per heavy atom. The molecular weight excluding hydrogens is 124 g/mol. The van der Waals surface area contributed by atoms with Gasteiger partial charge in [-0.25, -0.2) is 0 Å². The lowest BCUT2D eigenvalue weighted by molar-refractivity contribution is 0.846. The van der Waals surface area contributed by atoms with Crippen LogP contribution in [0.5, 0.6) is 0 Å². The zero-order valence-electron chi connectivity index (χ0n) is 6.52. The number of rotatable bonds is 2. The Bertz CT molecular complexity index is 201. The van der Waals surface area contributed by atoms with Crippen LogP contribution in [-0.4, -0.2) is 4.98 Å². The van der Waals surface area contributed by atoms with Crippen molar-refractivity contribution >= 4 is 0 Å². The lowest BCUT2D eigenvalue weighted by Crippen LogP contribution is -1.99. The molecule has 1 rings (SSSR count). The van der Waals surface area contributed by atoms with E-state index in [2.05, 4.69) is 18.8 Å². The highest BCUT2D eigenvalue weighted by Crippen LogP contribution is 2.17. The molecule has 0 spiro atoms. The number of aromatic amines is 1. The van der Waals surface area contributed by atoms with Crippen molar-refractivity contribution in [3.63, 3.8) is 0 Å². The molecule has 0 amide bonds. The molecule has 10 heavy (non-hydrogen) atoms. The van der Waals surface area contributed by atoms with Gasteiger partial charge in [0, 0.05) is 18.9 Å². The van der Waals surface area contributed by atoms with E-state index in [1.165, 1.54) is 11.1 Å². The average Bonchev–Trinajstić information content (AvgIpc) is 2.33. The highest BCUT2D eigenvalue weighted by Gasteiger charge is 2.04. The summed E-state index contributed by atoms with van der Waals surface area (Å²) in [7, 11) is 0. The van der Waals surface area contributed by atoms with Gasteiger partial charge in [0.15, 0.2) is 0 Å². The Labute approximate surface area is 61.4 Å². The minimum absolute atomic E-state index is 0.574. The Hall–Kier alpha value is -0.760. The third kappa shape index (κ3) is 1.21. The topological polar surface area (TPSA) is 41.8 Å². The van der Waals surface area contributed by atoms with Gasteiger partial charge in [-0.15, -0.1) is 0 Å². The average molecular weight is 138 g/mol. The zero-order chi connectivity index (χ0) is 7.56. The Morgan fingerprint density at radius 3 is 2.60 bits per heavy atom. The summed E-state index contributed by atoms with van der Waals surface area (Å²) in [5.41, 5.74) is 8.08. The maximum Gasteiger partial charge on any atom is 0.0196 e. The van der Waals surface area contributed by atoms with Crippen LogP contribution in [0.2, 0.25) is 0 Å². The van der Waals surface area contributed by atoms with Gasteiger partial charge in [-0.1, -0.05) is 13.8 Å². The van der Waals surface area contributed by atoms with E-state index in [0.29, 0.717) is 12.5 Å². The van der Waals surface area contributed by atoms with Crippen LogP contribution in [0.3, 0.4) is 0 Å². The van der Waals surface area contributed by atoms with Crippen molar-refractivity contribution in [2.24, 2.45) is 5.73 Å². The molecule has 0 aromatic carbocycles. The lowest BCUT2D eigenvalue weighted by Gasteiger charge is -2.03. The molecule has 0 saturated carbocycles. The first kappa shape index (κ1) is 7.35. The fraction of sp³-hybridized carbons (Fsp3) is 0.500. The van der Waals surface area contributed by atoms with Crippen molar-refractivity contribution in [3.8, 4) is 0 Å². The Balaban J connectivity index is 2.90. The van der Waals surface area contributed by atoms with E-state index < -0.39 is 0 Å². The molecule has 0 aliphatic heterocycles. The largest absolute Gasteiger partial charge is 0.367 e. The van der Waals surface area contributed by atoms with Gasteiger partial charge in [0.1, 0.15) is 0 Å². The number of aromatic nitrogens is 1. The molecular formula is C8H14N2. The molecule has 3 N–H and O–H groups in total. The molecule has 2 nitrogen and oxygen atoms in total. The second kappa shape index (κ2) is 2.88. The first-order valence-electron chi connectivity index (χ1n) is 3.61. The van der Waals surface area contributed by atoms with Crippen LogP contribution in [0, 0.1) is 0 Å². The van der Waals surface area contributed by atoms with Gasteiger partial charge < -0.3 is 10.7 Å². The molecule has 0 fully saturated rings. The summed E-state index contributed by atoms with van der Waals surface area (Å²) in [5, 5.41) is 0. The number of H-pyrrole nitrogens is 1. The van der Waals surface area contributed by atoms with Crippen LogP contribution in [0.1, 0.15) is 30.9 Å². The summed E-state index contributed by atoms with van der Waals surface area (Å²) in [5.74, 6) is 0.574. The van der Waals surface area contributed by atoms with Gasteiger partial charge in [0.25, 0.3) is 0 Å². The monoisotopic (exact) mass is 138 g/mol. The summed E-state index contributed by atoms with van der Waals surface area (Å²) in [4.78, 5) is 3.05. The maximum absolute atomic E-state index is 5.51. The standard InChI is InChI=1S/C8H14N2/c1-6(2)8-5-10-4-7(8)3-9/h4-6,10H,3,9H2,1-2H3. The quantitative estimate of drug-likeness (QED) is 0.640. The van der Waals surface area contributed by atoms with E-state index in [1.54, 1.807) is 0 Å². The fourth-order valence-corrected chi connectivity index (χ4v) is 1.12. The molecule has 0 radical (unpaired) electrons. The number of nitrogens with one attached hydrogen (secondary N) is 1. The van der Waals surface area contributed by atoms with Crippen LogP contribution in [0.15, 0.2) is 12.4 Å². The summed E-state index contributed by atoms with van der Waals surface area (Å²) >= 11 is 0. The van der Waals surface area contributed by atoms with E-state index in [-0.39, 0.29) is 0 Å². The van der Waals surface area contributed by atoms with Gasteiger partial charge >= 0.3 is 0 Å².